The van der Waals surface area contributed by atoms with E-state index in [1.807, 2.05) is 0 Å². The Labute approximate surface area is 114 Å². The summed E-state index contributed by atoms with van der Waals surface area (Å²) in [5.74, 6) is 0.227. The fraction of sp³-hybridized carbons (Fsp3) is 0.615. The molecule has 0 aromatic carbocycles. The summed E-state index contributed by atoms with van der Waals surface area (Å²) in [6, 6.07) is 3.93. The second-order valence-corrected chi connectivity index (χ2v) is 5.18. The summed E-state index contributed by atoms with van der Waals surface area (Å²) < 4.78 is 0. The molecule has 0 amide bonds. The third-order valence-corrected chi connectivity index (χ3v) is 3.64. The number of carbonyl (C=O) groups is 1. The average molecular weight is 276 g/mol. The number of hydrogen-bond acceptors (Lipinski definition) is 3. The standard InChI is InChI=1S/C13H21NOS.ClH/c1-2-3-8-12(14)13(15)9-4-6-11-7-5-10-16-11;/h5,7,10,12H,2-4,6,8-9,14H2,1H3;1H. The van der Waals surface area contributed by atoms with Gasteiger partial charge in [0, 0.05) is 11.3 Å². The minimum Gasteiger partial charge on any atom is -0.322 e. The van der Waals surface area contributed by atoms with Crippen LogP contribution in [0.2, 0.25) is 0 Å². The average Bonchev–Trinajstić information content (AvgIpc) is 2.78. The zero-order chi connectivity index (χ0) is 11.8. The highest BCUT2D eigenvalue weighted by atomic mass is 35.5. The summed E-state index contributed by atoms with van der Waals surface area (Å²) in [7, 11) is 0. The van der Waals surface area contributed by atoms with Crippen molar-refractivity contribution in [2.45, 2.75) is 51.5 Å². The Balaban J connectivity index is 0.00000256. The number of thiophene rings is 1. The molecular formula is C13H22ClNOS. The van der Waals surface area contributed by atoms with Crippen molar-refractivity contribution in [3.05, 3.63) is 22.4 Å². The Bertz CT molecular complexity index is 300. The molecule has 0 saturated carbocycles. The molecular weight excluding hydrogens is 254 g/mol. The normalized spacial score (nSPS) is 11.9. The number of ketones is 1. The summed E-state index contributed by atoms with van der Waals surface area (Å²) in [6.45, 7) is 2.12. The van der Waals surface area contributed by atoms with Gasteiger partial charge in [-0.3, -0.25) is 4.79 Å². The quantitative estimate of drug-likeness (QED) is 0.788. The Morgan fingerprint density at radius 2 is 2.24 bits per heavy atom. The molecule has 0 saturated heterocycles. The van der Waals surface area contributed by atoms with Crippen LogP contribution < -0.4 is 5.73 Å². The van der Waals surface area contributed by atoms with E-state index in [2.05, 4.69) is 24.4 Å². The van der Waals surface area contributed by atoms with Crippen LogP contribution in [0.3, 0.4) is 0 Å². The van der Waals surface area contributed by atoms with Gasteiger partial charge in [0.2, 0.25) is 0 Å². The highest BCUT2D eigenvalue weighted by molar-refractivity contribution is 7.09. The number of carbonyl (C=O) groups excluding carboxylic acids is 1. The molecule has 0 radical (unpaired) electrons. The molecule has 2 N–H and O–H groups in total. The van der Waals surface area contributed by atoms with Gasteiger partial charge < -0.3 is 5.73 Å². The Hall–Kier alpha value is -0.380. The van der Waals surface area contributed by atoms with Crippen LogP contribution >= 0.6 is 23.7 Å². The third kappa shape index (κ3) is 6.81. The smallest absolute Gasteiger partial charge is 0.149 e. The van der Waals surface area contributed by atoms with E-state index in [1.54, 1.807) is 11.3 Å². The monoisotopic (exact) mass is 275 g/mol. The topological polar surface area (TPSA) is 43.1 Å². The van der Waals surface area contributed by atoms with Crippen molar-refractivity contribution in [1.29, 1.82) is 0 Å². The van der Waals surface area contributed by atoms with E-state index < -0.39 is 0 Å². The number of Topliss-reactive ketones (excluding diaryl/α,β-unsaturated/α-hetero) is 1. The first-order valence-corrected chi connectivity index (χ1v) is 6.92. The van der Waals surface area contributed by atoms with Gasteiger partial charge in [-0.25, -0.2) is 0 Å². The Morgan fingerprint density at radius 1 is 1.47 bits per heavy atom. The van der Waals surface area contributed by atoms with Gasteiger partial charge in [-0.15, -0.1) is 23.7 Å². The van der Waals surface area contributed by atoms with E-state index >= 15 is 0 Å². The highest BCUT2D eigenvalue weighted by Crippen LogP contribution is 2.12. The van der Waals surface area contributed by atoms with Gasteiger partial charge in [-0.1, -0.05) is 25.8 Å². The molecule has 1 heterocycles. The molecule has 0 spiro atoms. The van der Waals surface area contributed by atoms with Crippen LogP contribution in [-0.4, -0.2) is 11.8 Å². The first-order valence-electron chi connectivity index (χ1n) is 6.04. The Kier molecular flexibility index (Phi) is 9.41. The fourth-order valence-electron chi connectivity index (χ4n) is 1.66. The van der Waals surface area contributed by atoms with Crippen LogP contribution in [-0.2, 0) is 11.2 Å². The van der Waals surface area contributed by atoms with Crippen molar-refractivity contribution in [3.8, 4) is 0 Å². The molecule has 2 nitrogen and oxygen atoms in total. The van der Waals surface area contributed by atoms with Gasteiger partial charge in [0.1, 0.15) is 5.78 Å². The maximum absolute atomic E-state index is 11.7. The highest BCUT2D eigenvalue weighted by Gasteiger charge is 2.12. The molecule has 1 atom stereocenters. The lowest BCUT2D eigenvalue weighted by Gasteiger charge is -2.09. The number of rotatable bonds is 8. The lowest BCUT2D eigenvalue weighted by Crippen LogP contribution is -2.30. The van der Waals surface area contributed by atoms with E-state index in [-0.39, 0.29) is 24.2 Å². The molecule has 0 aliphatic carbocycles. The number of unbranched alkanes of at least 4 members (excludes halogenated alkanes) is 1. The number of hydrogen-bond donors (Lipinski definition) is 1. The van der Waals surface area contributed by atoms with Gasteiger partial charge >= 0.3 is 0 Å². The van der Waals surface area contributed by atoms with E-state index in [4.69, 9.17) is 5.73 Å². The number of halogens is 1. The van der Waals surface area contributed by atoms with Gasteiger partial charge in [-0.05, 0) is 30.7 Å². The lowest BCUT2D eigenvalue weighted by molar-refractivity contribution is -0.120. The maximum atomic E-state index is 11.7. The van der Waals surface area contributed by atoms with E-state index in [9.17, 15) is 4.79 Å². The van der Waals surface area contributed by atoms with Crippen molar-refractivity contribution in [3.63, 3.8) is 0 Å². The summed E-state index contributed by atoms with van der Waals surface area (Å²) in [4.78, 5) is 13.0. The van der Waals surface area contributed by atoms with Crippen molar-refractivity contribution in [1.82, 2.24) is 0 Å². The molecule has 1 unspecified atom stereocenters. The molecule has 1 rings (SSSR count). The van der Waals surface area contributed by atoms with Crippen LogP contribution in [0, 0.1) is 0 Å². The van der Waals surface area contributed by atoms with E-state index in [1.165, 1.54) is 4.88 Å². The molecule has 0 aliphatic heterocycles. The van der Waals surface area contributed by atoms with Gasteiger partial charge in [-0.2, -0.15) is 0 Å². The van der Waals surface area contributed by atoms with Crippen LogP contribution in [0.5, 0.6) is 0 Å². The first kappa shape index (κ1) is 16.6. The number of aryl methyl sites for hydroxylation is 1. The van der Waals surface area contributed by atoms with Crippen molar-refractivity contribution in [2.24, 2.45) is 5.73 Å². The minimum absolute atomic E-state index is 0. The molecule has 1 aromatic heterocycles. The van der Waals surface area contributed by atoms with Crippen LogP contribution in [0.25, 0.3) is 0 Å². The molecule has 0 fully saturated rings. The van der Waals surface area contributed by atoms with Crippen molar-refractivity contribution in [2.75, 3.05) is 0 Å². The largest absolute Gasteiger partial charge is 0.322 e. The molecule has 17 heavy (non-hydrogen) atoms. The summed E-state index contributed by atoms with van der Waals surface area (Å²) in [5.41, 5.74) is 5.82. The minimum atomic E-state index is -0.233. The molecule has 0 bridgehead atoms. The molecule has 98 valence electrons. The number of nitrogens with two attached hydrogens (primary N) is 1. The molecule has 0 aliphatic rings. The predicted molar refractivity (Wildman–Crippen MR) is 77.0 cm³/mol. The van der Waals surface area contributed by atoms with Crippen LogP contribution in [0.15, 0.2) is 17.5 Å². The maximum Gasteiger partial charge on any atom is 0.149 e. The fourth-order valence-corrected chi connectivity index (χ4v) is 2.41. The second-order valence-electron chi connectivity index (χ2n) is 4.15. The van der Waals surface area contributed by atoms with Gasteiger partial charge in [0.15, 0.2) is 0 Å². The SMILES string of the molecule is CCCCC(N)C(=O)CCCc1cccs1.Cl. The third-order valence-electron chi connectivity index (χ3n) is 2.71. The zero-order valence-corrected chi connectivity index (χ0v) is 12.0. The molecule has 1 aromatic rings. The lowest BCUT2D eigenvalue weighted by atomic mass is 10.0. The zero-order valence-electron chi connectivity index (χ0n) is 10.4. The van der Waals surface area contributed by atoms with E-state index in [0.717, 1.165) is 32.1 Å². The van der Waals surface area contributed by atoms with Gasteiger partial charge in [0.25, 0.3) is 0 Å². The summed E-state index contributed by atoms with van der Waals surface area (Å²) >= 11 is 1.75. The summed E-state index contributed by atoms with van der Waals surface area (Å²) in [5, 5.41) is 2.07. The van der Waals surface area contributed by atoms with Crippen LogP contribution in [0.1, 0.15) is 43.9 Å². The van der Waals surface area contributed by atoms with E-state index in [0.29, 0.717) is 6.42 Å². The van der Waals surface area contributed by atoms with Crippen molar-refractivity contribution >= 4 is 29.5 Å². The first-order chi connectivity index (χ1) is 7.74. The second kappa shape index (κ2) is 9.63. The molecule has 4 heteroatoms. The predicted octanol–water partition coefficient (Wildman–Crippen LogP) is 3.58. The summed E-state index contributed by atoms with van der Waals surface area (Å²) in [6.07, 6.45) is 5.56. The van der Waals surface area contributed by atoms with Gasteiger partial charge in [0.05, 0.1) is 6.04 Å². The Morgan fingerprint density at radius 3 is 2.82 bits per heavy atom. The van der Waals surface area contributed by atoms with Crippen LogP contribution in [0.4, 0.5) is 0 Å². The van der Waals surface area contributed by atoms with Crippen molar-refractivity contribution < 1.29 is 4.79 Å².